The molecule has 13 heteroatoms. The Morgan fingerprint density at radius 2 is 1.50 bits per heavy atom. The molecule has 32 heavy (non-hydrogen) atoms. The molecule has 0 unspecified atom stereocenters. The van der Waals surface area contributed by atoms with Crippen molar-refractivity contribution in [3.8, 4) is 0 Å². The van der Waals surface area contributed by atoms with Crippen LogP contribution in [0.25, 0.3) is 0 Å². The number of hydrazine groups is 1. The normalized spacial score (nSPS) is 17.7. The molecule has 2 fully saturated rings. The highest BCUT2D eigenvalue weighted by atomic mass is 32.2. The molecule has 2 N–H and O–H groups in total. The van der Waals surface area contributed by atoms with E-state index in [0.717, 1.165) is 5.13 Å². The van der Waals surface area contributed by atoms with E-state index in [0.29, 0.717) is 52.6 Å². The summed E-state index contributed by atoms with van der Waals surface area (Å²) in [6.45, 7) is 3.94. The summed E-state index contributed by atoms with van der Waals surface area (Å²) in [5, 5.41) is 2.35. The first-order chi connectivity index (χ1) is 15.4. The number of nitrogens with one attached hydrogen (secondary N) is 2. The van der Waals surface area contributed by atoms with Gasteiger partial charge in [-0.15, -0.1) is 11.3 Å². The third kappa shape index (κ3) is 5.07. The Labute approximate surface area is 189 Å². The summed E-state index contributed by atoms with van der Waals surface area (Å²) in [5.74, 6) is -1.11. The number of anilines is 1. The molecule has 11 nitrogen and oxygen atoms in total. The number of morpholine rings is 2. The van der Waals surface area contributed by atoms with E-state index in [1.54, 1.807) is 5.38 Å². The van der Waals surface area contributed by atoms with Gasteiger partial charge in [0.25, 0.3) is 11.8 Å². The molecule has 1 aromatic carbocycles. The second kappa shape index (κ2) is 9.92. The number of carbonyl (C=O) groups is 2. The average molecular weight is 482 g/mol. The Hall–Kier alpha value is -2.58. The zero-order valence-corrected chi connectivity index (χ0v) is 18.8. The SMILES string of the molecule is O=C(NNC(=O)c1csc(N2CCOCC2)n1)c1ccc(S(=O)(=O)N2CCOCC2)cc1. The third-order valence-corrected chi connectivity index (χ3v) is 7.83. The highest BCUT2D eigenvalue weighted by molar-refractivity contribution is 7.89. The third-order valence-electron chi connectivity index (χ3n) is 5.02. The molecule has 0 atom stereocenters. The number of benzene rings is 1. The van der Waals surface area contributed by atoms with Crippen molar-refractivity contribution in [1.29, 1.82) is 0 Å². The largest absolute Gasteiger partial charge is 0.379 e. The predicted molar refractivity (Wildman–Crippen MR) is 116 cm³/mol. The molecule has 0 saturated carbocycles. The fourth-order valence-corrected chi connectivity index (χ4v) is 5.50. The second-order valence-electron chi connectivity index (χ2n) is 7.06. The molecule has 2 aliphatic rings. The van der Waals surface area contributed by atoms with Gasteiger partial charge in [0.1, 0.15) is 5.69 Å². The molecule has 2 saturated heterocycles. The smallest absolute Gasteiger partial charge is 0.289 e. The second-order valence-corrected chi connectivity index (χ2v) is 9.84. The topological polar surface area (TPSA) is 130 Å². The molecule has 3 heterocycles. The number of ether oxygens (including phenoxy) is 2. The fourth-order valence-electron chi connectivity index (χ4n) is 3.23. The standard InChI is InChI=1S/C19H23N5O6S2/c25-17(14-1-3-15(4-2-14)32(27,28)24-7-11-30-12-8-24)21-22-18(26)16-13-31-19(20-16)23-5-9-29-10-6-23/h1-4,13H,5-12H2,(H,21,25)(H,22,26). The van der Waals surface area contributed by atoms with Crippen molar-refractivity contribution in [2.75, 3.05) is 57.5 Å². The number of sulfonamides is 1. The minimum Gasteiger partial charge on any atom is -0.379 e. The minimum atomic E-state index is -3.64. The van der Waals surface area contributed by atoms with E-state index in [9.17, 15) is 18.0 Å². The molecule has 2 aliphatic heterocycles. The Morgan fingerprint density at radius 1 is 0.906 bits per heavy atom. The summed E-state index contributed by atoms with van der Waals surface area (Å²) in [6.07, 6.45) is 0. The molecule has 2 amide bonds. The molecule has 0 aliphatic carbocycles. The molecular formula is C19H23N5O6S2. The van der Waals surface area contributed by atoms with Crippen LogP contribution in [-0.4, -0.2) is 82.1 Å². The van der Waals surface area contributed by atoms with Gasteiger partial charge in [-0.25, -0.2) is 13.4 Å². The minimum absolute atomic E-state index is 0.0955. The molecule has 4 rings (SSSR count). The lowest BCUT2D eigenvalue weighted by Gasteiger charge is -2.26. The Balaban J connectivity index is 1.33. The van der Waals surface area contributed by atoms with E-state index < -0.39 is 21.8 Å². The molecule has 0 radical (unpaired) electrons. The summed E-state index contributed by atoms with van der Waals surface area (Å²) in [5.41, 5.74) is 5.06. The highest BCUT2D eigenvalue weighted by Gasteiger charge is 2.26. The van der Waals surface area contributed by atoms with Crippen molar-refractivity contribution < 1.29 is 27.5 Å². The average Bonchev–Trinajstić information content (AvgIpc) is 3.34. The summed E-state index contributed by atoms with van der Waals surface area (Å²) < 4.78 is 37.2. The van der Waals surface area contributed by atoms with Crippen LogP contribution in [-0.2, 0) is 19.5 Å². The first-order valence-electron chi connectivity index (χ1n) is 10.0. The summed E-state index contributed by atoms with van der Waals surface area (Å²) in [4.78, 5) is 31.1. The molecule has 0 bridgehead atoms. The van der Waals surface area contributed by atoms with E-state index in [2.05, 4.69) is 15.8 Å². The number of aromatic nitrogens is 1. The first kappa shape index (κ1) is 22.6. The van der Waals surface area contributed by atoms with Crippen LogP contribution < -0.4 is 15.8 Å². The van der Waals surface area contributed by atoms with Crippen LogP contribution in [0.1, 0.15) is 20.8 Å². The van der Waals surface area contributed by atoms with Crippen LogP contribution >= 0.6 is 11.3 Å². The lowest BCUT2D eigenvalue weighted by atomic mass is 10.2. The van der Waals surface area contributed by atoms with Gasteiger partial charge in [0.2, 0.25) is 10.0 Å². The van der Waals surface area contributed by atoms with Crippen LogP contribution in [0.3, 0.4) is 0 Å². The Kier molecular flexibility index (Phi) is 7.01. The maximum absolute atomic E-state index is 12.7. The number of carbonyl (C=O) groups excluding carboxylic acids is 2. The van der Waals surface area contributed by atoms with Crippen LogP contribution in [0.15, 0.2) is 34.5 Å². The van der Waals surface area contributed by atoms with E-state index >= 15 is 0 Å². The van der Waals surface area contributed by atoms with Crippen LogP contribution in [0, 0.1) is 0 Å². The highest BCUT2D eigenvalue weighted by Crippen LogP contribution is 2.21. The van der Waals surface area contributed by atoms with Gasteiger partial charge in [0, 0.05) is 37.1 Å². The van der Waals surface area contributed by atoms with E-state index in [1.165, 1.54) is 39.9 Å². The summed E-state index contributed by atoms with van der Waals surface area (Å²) >= 11 is 1.35. The molecular weight excluding hydrogens is 458 g/mol. The fraction of sp³-hybridized carbons (Fsp3) is 0.421. The van der Waals surface area contributed by atoms with Crippen molar-refractivity contribution in [1.82, 2.24) is 20.1 Å². The van der Waals surface area contributed by atoms with Crippen LogP contribution in [0.2, 0.25) is 0 Å². The molecule has 172 valence electrons. The van der Waals surface area contributed by atoms with Gasteiger partial charge in [-0.1, -0.05) is 0 Å². The van der Waals surface area contributed by atoms with E-state index in [1.807, 2.05) is 4.90 Å². The van der Waals surface area contributed by atoms with Gasteiger partial charge < -0.3 is 14.4 Å². The quantitative estimate of drug-likeness (QED) is 0.574. The van der Waals surface area contributed by atoms with Gasteiger partial charge in [-0.2, -0.15) is 4.31 Å². The summed E-state index contributed by atoms with van der Waals surface area (Å²) in [7, 11) is -3.64. The van der Waals surface area contributed by atoms with Crippen LogP contribution in [0.5, 0.6) is 0 Å². The Morgan fingerprint density at radius 3 is 2.16 bits per heavy atom. The van der Waals surface area contributed by atoms with E-state index in [4.69, 9.17) is 9.47 Å². The maximum Gasteiger partial charge on any atom is 0.289 e. The lowest BCUT2D eigenvalue weighted by molar-refractivity contribution is 0.0730. The number of amides is 2. The molecule has 1 aromatic heterocycles. The zero-order valence-electron chi connectivity index (χ0n) is 17.2. The number of nitrogens with zero attached hydrogens (tertiary/aromatic N) is 3. The van der Waals surface area contributed by atoms with Gasteiger partial charge in [0.05, 0.1) is 31.3 Å². The number of hydrogen-bond acceptors (Lipinski definition) is 9. The zero-order chi connectivity index (χ0) is 22.6. The lowest BCUT2D eigenvalue weighted by Crippen LogP contribution is -2.42. The Bertz CT molecular complexity index is 1060. The molecule has 0 spiro atoms. The van der Waals surface area contributed by atoms with Crippen molar-refractivity contribution in [3.63, 3.8) is 0 Å². The maximum atomic E-state index is 12.7. The van der Waals surface area contributed by atoms with Gasteiger partial charge in [-0.3, -0.25) is 20.4 Å². The van der Waals surface area contributed by atoms with Crippen molar-refractivity contribution in [2.45, 2.75) is 4.90 Å². The van der Waals surface area contributed by atoms with Crippen molar-refractivity contribution in [2.24, 2.45) is 0 Å². The number of hydrogen-bond donors (Lipinski definition) is 2. The van der Waals surface area contributed by atoms with Gasteiger partial charge >= 0.3 is 0 Å². The van der Waals surface area contributed by atoms with Gasteiger partial charge in [0.15, 0.2) is 5.13 Å². The van der Waals surface area contributed by atoms with E-state index in [-0.39, 0.29) is 16.2 Å². The summed E-state index contributed by atoms with van der Waals surface area (Å²) in [6, 6.07) is 5.54. The van der Waals surface area contributed by atoms with Gasteiger partial charge in [-0.05, 0) is 24.3 Å². The molecule has 2 aromatic rings. The predicted octanol–water partition coefficient (Wildman–Crippen LogP) is 0.0754. The van der Waals surface area contributed by atoms with Crippen molar-refractivity contribution >= 4 is 38.3 Å². The number of thiazole rings is 1. The van der Waals surface area contributed by atoms with Crippen molar-refractivity contribution in [3.05, 3.63) is 40.9 Å². The number of rotatable bonds is 5. The monoisotopic (exact) mass is 481 g/mol. The first-order valence-corrected chi connectivity index (χ1v) is 12.3. The van der Waals surface area contributed by atoms with Crippen LogP contribution in [0.4, 0.5) is 5.13 Å².